The summed E-state index contributed by atoms with van der Waals surface area (Å²) in [4.78, 5) is 1.44. The summed E-state index contributed by atoms with van der Waals surface area (Å²) in [5.74, 6) is 1.21. The topological polar surface area (TPSA) is 87.4 Å². The van der Waals surface area contributed by atoms with Crippen LogP contribution in [0.1, 0.15) is 25.6 Å². The van der Waals surface area contributed by atoms with Crippen molar-refractivity contribution in [3.8, 4) is 17.2 Å². The minimum Gasteiger partial charge on any atom is -0.394 e. The monoisotopic (exact) mass is 283 g/mol. The summed E-state index contributed by atoms with van der Waals surface area (Å²) >= 11 is 0. The van der Waals surface area contributed by atoms with Gasteiger partial charge in [0.2, 0.25) is 5.82 Å². The minimum atomic E-state index is 0.155. The van der Waals surface area contributed by atoms with E-state index in [9.17, 15) is 0 Å². The van der Waals surface area contributed by atoms with Crippen molar-refractivity contribution in [3.05, 3.63) is 36.0 Å². The van der Waals surface area contributed by atoms with Gasteiger partial charge in [-0.2, -0.15) is 5.10 Å². The van der Waals surface area contributed by atoms with E-state index in [1.807, 2.05) is 51.1 Å². The fourth-order valence-corrected chi connectivity index (χ4v) is 2.11. The van der Waals surface area contributed by atoms with Gasteiger partial charge in [-0.3, -0.25) is 0 Å². The first kappa shape index (κ1) is 13.3. The highest BCUT2D eigenvalue weighted by Crippen LogP contribution is 2.23. The van der Waals surface area contributed by atoms with Crippen LogP contribution >= 0.6 is 0 Å². The summed E-state index contributed by atoms with van der Waals surface area (Å²) in [5, 5.41) is 17.1. The van der Waals surface area contributed by atoms with Gasteiger partial charge < -0.3 is 5.73 Å². The van der Waals surface area contributed by atoms with Gasteiger partial charge in [0.25, 0.3) is 0 Å². The SMILES string of the molecule is Cc1nn(C(C)C)c(-n2nnc(-c3ccccc3)n2)c1N. The number of aromatic nitrogens is 6. The van der Waals surface area contributed by atoms with Crippen molar-refractivity contribution >= 4 is 5.69 Å². The van der Waals surface area contributed by atoms with Crippen molar-refractivity contribution in [3.63, 3.8) is 0 Å². The molecule has 0 saturated carbocycles. The Hall–Kier alpha value is -2.70. The zero-order valence-corrected chi connectivity index (χ0v) is 12.2. The molecule has 108 valence electrons. The second kappa shape index (κ2) is 5.01. The third-order valence-electron chi connectivity index (χ3n) is 3.23. The predicted molar refractivity (Wildman–Crippen MR) is 79.9 cm³/mol. The van der Waals surface area contributed by atoms with Crippen molar-refractivity contribution < 1.29 is 0 Å². The van der Waals surface area contributed by atoms with Crippen LogP contribution in [0.3, 0.4) is 0 Å². The maximum atomic E-state index is 6.11. The molecule has 0 aliphatic heterocycles. The third-order valence-corrected chi connectivity index (χ3v) is 3.23. The maximum Gasteiger partial charge on any atom is 0.205 e. The Bertz CT molecular complexity index is 755. The number of nitrogen functional groups attached to an aromatic ring is 1. The number of nitrogens with zero attached hydrogens (tertiary/aromatic N) is 6. The standard InChI is InChI=1S/C14H17N7/c1-9(2)20-14(12(15)10(3)17-20)21-18-13(16-19-21)11-7-5-4-6-8-11/h4-9H,15H2,1-3H3. The molecule has 0 radical (unpaired) electrons. The molecule has 0 unspecified atom stereocenters. The first-order valence-corrected chi connectivity index (χ1v) is 6.78. The van der Waals surface area contributed by atoms with Crippen LogP contribution in [-0.2, 0) is 0 Å². The van der Waals surface area contributed by atoms with Gasteiger partial charge in [-0.25, -0.2) is 4.68 Å². The lowest BCUT2D eigenvalue weighted by molar-refractivity contribution is 0.499. The molecule has 2 N–H and O–H groups in total. The fraction of sp³-hybridized carbons (Fsp3) is 0.286. The van der Waals surface area contributed by atoms with Crippen LogP contribution in [0.2, 0.25) is 0 Å². The summed E-state index contributed by atoms with van der Waals surface area (Å²) in [6, 6.07) is 9.86. The molecule has 7 nitrogen and oxygen atoms in total. The third kappa shape index (κ3) is 2.26. The zero-order valence-electron chi connectivity index (χ0n) is 12.2. The van der Waals surface area contributed by atoms with Crippen LogP contribution in [0.25, 0.3) is 17.2 Å². The average molecular weight is 283 g/mol. The molecular weight excluding hydrogens is 266 g/mol. The Morgan fingerprint density at radius 1 is 1.10 bits per heavy atom. The molecule has 0 aliphatic carbocycles. The van der Waals surface area contributed by atoms with Gasteiger partial charge in [-0.05, 0) is 26.0 Å². The van der Waals surface area contributed by atoms with Crippen LogP contribution in [-0.4, -0.2) is 30.0 Å². The Morgan fingerprint density at radius 2 is 1.81 bits per heavy atom. The van der Waals surface area contributed by atoms with Gasteiger partial charge in [0.15, 0.2) is 5.82 Å². The second-order valence-electron chi connectivity index (χ2n) is 5.13. The molecule has 2 aromatic heterocycles. The number of tetrazole rings is 1. The van der Waals surface area contributed by atoms with Crippen LogP contribution in [0, 0.1) is 6.92 Å². The number of nitrogens with two attached hydrogens (primary N) is 1. The molecule has 0 fully saturated rings. The normalized spacial score (nSPS) is 11.2. The van der Waals surface area contributed by atoms with Crippen molar-refractivity contribution in [2.75, 3.05) is 5.73 Å². The number of rotatable bonds is 3. The molecule has 2 heterocycles. The van der Waals surface area contributed by atoms with E-state index < -0.39 is 0 Å². The molecule has 0 bridgehead atoms. The highest BCUT2D eigenvalue weighted by molar-refractivity contribution is 5.58. The van der Waals surface area contributed by atoms with Gasteiger partial charge in [0.05, 0.1) is 5.69 Å². The van der Waals surface area contributed by atoms with Crippen molar-refractivity contribution in [2.24, 2.45) is 0 Å². The molecule has 21 heavy (non-hydrogen) atoms. The van der Waals surface area contributed by atoms with E-state index in [1.54, 1.807) is 4.68 Å². The first-order valence-electron chi connectivity index (χ1n) is 6.78. The van der Waals surface area contributed by atoms with Crippen LogP contribution in [0.5, 0.6) is 0 Å². The van der Waals surface area contributed by atoms with Gasteiger partial charge in [-0.15, -0.1) is 15.0 Å². The number of aryl methyl sites for hydroxylation is 1. The summed E-state index contributed by atoms with van der Waals surface area (Å²) in [7, 11) is 0. The largest absolute Gasteiger partial charge is 0.394 e. The van der Waals surface area contributed by atoms with Gasteiger partial charge >= 0.3 is 0 Å². The molecular formula is C14H17N7. The average Bonchev–Trinajstić information content (AvgIpc) is 3.06. The molecule has 0 saturated heterocycles. The maximum absolute atomic E-state index is 6.11. The van der Waals surface area contributed by atoms with Crippen molar-refractivity contribution in [1.29, 1.82) is 0 Å². The molecule has 1 aromatic carbocycles. The van der Waals surface area contributed by atoms with E-state index in [-0.39, 0.29) is 6.04 Å². The highest BCUT2D eigenvalue weighted by Gasteiger charge is 2.19. The van der Waals surface area contributed by atoms with E-state index >= 15 is 0 Å². The molecule has 7 heteroatoms. The summed E-state index contributed by atoms with van der Waals surface area (Å²) in [5.41, 5.74) is 8.35. The molecule has 3 aromatic rings. The van der Waals surface area contributed by atoms with Crippen molar-refractivity contribution in [2.45, 2.75) is 26.8 Å². The lowest BCUT2D eigenvalue weighted by Crippen LogP contribution is -2.13. The first-order chi connectivity index (χ1) is 10.1. The lowest BCUT2D eigenvalue weighted by atomic mass is 10.2. The summed E-state index contributed by atoms with van der Waals surface area (Å²) in [6.45, 7) is 5.93. The Labute approximate surface area is 122 Å². The van der Waals surface area contributed by atoms with Crippen LogP contribution < -0.4 is 5.73 Å². The van der Waals surface area contributed by atoms with Gasteiger partial charge in [-0.1, -0.05) is 30.3 Å². The van der Waals surface area contributed by atoms with E-state index in [0.717, 1.165) is 11.3 Å². The van der Waals surface area contributed by atoms with Crippen LogP contribution in [0.15, 0.2) is 30.3 Å². The number of hydrogen-bond donors (Lipinski definition) is 1. The molecule has 0 atom stereocenters. The van der Waals surface area contributed by atoms with E-state index in [1.165, 1.54) is 4.80 Å². The number of anilines is 1. The van der Waals surface area contributed by atoms with Gasteiger partial charge in [0.1, 0.15) is 5.69 Å². The van der Waals surface area contributed by atoms with E-state index in [4.69, 9.17) is 5.73 Å². The molecule has 0 spiro atoms. The lowest BCUT2D eigenvalue weighted by Gasteiger charge is -2.09. The fourth-order valence-electron chi connectivity index (χ4n) is 2.11. The Morgan fingerprint density at radius 3 is 2.48 bits per heavy atom. The molecule has 3 rings (SSSR count). The summed E-state index contributed by atoms with van der Waals surface area (Å²) < 4.78 is 1.81. The Kier molecular flexibility index (Phi) is 3.17. The Balaban J connectivity index is 2.09. The predicted octanol–water partition coefficient (Wildman–Crippen LogP) is 2.00. The minimum absolute atomic E-state index is 0.155. The number of benzene rings is 1. The second-order valence-corrected chi connectivity index (χ2v) is 5.13. The van der Waals surface area contributed by atoms with E-state index in [2.05, 4.69) is 20.5 Å². The highest BCUT2D eigenvalue weighted by atomic mass is 15.6. The van der Waals surface area contributed by atoms with Gasteiger partial charge in [0, 0.05) is 11.6 Å². The summed E-state index contributed by atoms with van der Waals surface area (Å²) in [6.07, 6.45) is 0. The molecule has 0 aliphatic rings. The quantitative estimate of drug-likeness (QED) is 0.794. The smallest absolute Gasteiger partial charge is 0.205 e. The van der Waals surface area contributed by atoms with Crippen molar-refractivity contribution in [1.82, 2.24) is 30.0 Å². The zero-order chi connectivity index (χ0) is 15.0. The van der Waals surface area contributed by atoms with Crippen LogP contribution in [0.4, 0.5) is 5.69 Å². The number of hydrogen-bond acceptors (Lipinski definition) is 5. The molecule has 0 amide bonds. The van der Waals surface area contributed by atoms with E-state index in [0.29, 0.717) is 17.3 Å².